The van der Waals surface area contributed by atoms with Crippen molar-refractivity contribution in [3.63, 3.8) is 0 Å². The molecule has 0 aliphatic carbocycles. The molecule has 0 radical (unpaired) electrons. The van der Waals surface area contributed by atoms with Gasteiger partial charge in [-0.3, -0.25) is 9.48 Å². The molecule has 3 rings (SSSR count). The lowest BCUT2D eigenvalue weighted by Crippen LogP contribution is -2.20. The number of hydrogen-bond acceptors (Lipinski definition) is 5. The van der Waals surface area contributed by atoms with E-state index in [0.717, 1.165) is 12.2 Å². The van der Waals surface area contributed by atoms with E-state index in [1.165, 1.54) is 10.9 Å². The maximum Gasteiger partial charge on any atom is 0.333 e. The third-order valence-electron chi connectivity index (χ3n) is 3.57. The number of fused-ring (bicyclic) bond motifs is 1. The lowest BCUT2D eigenvalue weighted by atomic mass is 10.2. The highest BCUT2D eigenvalue weighted by molar-refractivity contribution is 5.80. The van der Waals surface area contributed by atoms with Gasteiger partial charge < -0.3 is 9.47 Å². The van der Waals surface area contributed by atoms with Crippen molar-refractivity contribution in [1.29, 1.82) is 0 Å². The maximum atomic E-state index is 12.2. The van der Waals surface area contributed by atoms with E-state index in [1.807, 2.05) is 6.92 Å². The van der Waals surface area contributed by atoms with Gasteiger partial charge in [0.25, 0.3) is 0 Å². The van der Waals surface area contributed by atoms with Crippen molar-refractivity contribution < 1.29 is 14.3 Å². The van der Waals surface area contributed by atoms with Crippen LogP contribution in [0.5, 0.6) is 11.5 Å². The van der Waals surface area contributed by atoms with Crippen molar-refractivity contribution in [3.8, 4) is 11.5 Å². The van der Waals surface area contributed by atoms with Crippen LogP contribution < -0.4 is 14.9 Å². The molecule has 0 saturated carbocycles. The minimum atomic E-state index is -0.469. The van der Waals surface area contributed by atoms with Crippen molar-refractivity contribution in [2.45, 2.75) is 19.9 Å². The molecule has 0 atom stereocenters. The predicted molar refractivity (Wildman–Crippen MR) is 93.9 cm³/mol. The Labute approximate surface area is 144 Å². The number of aromatic nitrogens is 2. The zero-order valence-corrected chi connectivity index (χ0v) is 13.8. The van der Waals surface area contributed by atoms with Crippen LogP contribution in [-0.4, -0.2) is 22.4 Å². The summed E-state index contributed by atoms with van der Waals surface area (Å²) in [4.78, 5) is 24.0. The Kier molecular flexibility index (Phi) is 5.09. The van der Waals surface area contributed by atoms with Crippen LogP contribution in [0.2, 0.25) is 0 Å². The molecule has 0 bridgehead atoms. The van der Waals surface area contributed by atoms with Gasteiger partial charge in [0.05, 0.1) is 18.3 Å². The van der Waals surface area contributed by atoms with Crippen LogP contribution in [0.15, 0.2) is 59.5 Å². The number of carbonyl (C=O) groups is 1. The first-order valence-electron chi connectivity index (χ1n) is 8.06. The molecule has 1 aromatic heterocycles. The molecule has 3 aromatic rings. The van der Waals surface area contributed by atoms with Gasteiger partial charge in [0.1, 0.15) is 18.0 Å². The molecule has 0 amide bonds. The van der Waals surface area contributed by atoms with Gasteiger partial charge in [-0.25, -0.2) is 4.79 Å². The monoisotopic (exact) mass is 338 g/mol. The van der Waals surface area contributed by atoms with E-state index >= 15 is 0 Å². The first-order valence-corrected chi connectivity index (χ1v) is 8.06. The molecule has 6 nitrogen and oxygen atoms in total. The summed E-state index contributed by atoms with van der Waals surface area (Å²) in [7, 11) is 0. The highest BCUT2D eigenvalue weighted by atomic mass is 16.5. The topological polar surface area (TPSA) is 70.4 Å². The second-order valence-corrected chi connectivity index (χ2v) is 5.48. The number of esters is 1. The molecule has 0 spiro atoms. The molecular formula is C19H18N2O4. The van der Waals surface area contributed by atoms with Crippen molar-refractivity contribution in [3.05, 3.63) is 65.0 Å². The molecule has 1 heterocycles. The molecule has 0 N–H and O–H groups in total. The molecule has 2 aromatic carbocycles. The van der Waals surface area contributed by atoms with Crippen LogP contribution in [-0.2, 0) is 11.3 Å². The fourth-order valence-electron chi connectivity index (χ4n) is 2.40. The molecule has 0 saturated heterocycles. The zero-order chi connectivity index (χ0) is 17.6. The Bertz CT molecular complexity index is 932. The molecule has 25 heavy (non-hydrogen) atoms. The van der Waals surface area contributed by atoms with Gasteiger partial charge in [-0.2, -0.15) is 5.10 Å². The summed E-state index contributed by atoms with van der Waals surface area (Å²) in [6.45, 7) is 2.59. The van der Waals surface area contributed by atoms with Crippen LogP contribution in [0.3, 0.4) is 0 Å². The Balaban J connectivity index is 1.71. The first kappa shape index (κ1) is 16.7. The van der Waals surface area contributed by atoms with E-state index in [9.17, 15) is 9.59 Å². The van der Waals surface area contributed by atoms with Gasteiger partial charge in [0, 0.05) is 5.39 Å². The maximum absolute atomic E-state index is 12.2. The van der Waals surface area contributed by atoms with Gasteiger partial charge in [-0.15, -0.1) is 0 Å². The number of ether oxygens (including phenoxy) is 2. The Morgan fingerprint density at radius 1 is 1.08 bits per heavy atom. The Hall–Kier alpha value is -3.15. The van der Waals surface area contributed by atoms with Crippen molar-refractivity contribution in [2.24, 2.45) is 0 Å². The van der Waals surface area contributed by atoms with Crippen LogP contribution in [0.25, 0.3) is 10.9 Å². The van der Waals surface area contributed by atoms with E-state index in [2.05, 4.69) is 5.10 Å². The molecule has 0 aliphatic heterocycles. The largest absolute Gasteiger partial charge is 0.494 e. The second kappa shape index (κ2) is 7.61. The minimum Gasteiger partial charge on any atom is -0.494 e. The molecule has 128 valence electrons. The summed E-state index contributed by atoms with van der Waals surface area (Å²) in [6.07, 6.45) is 2.13. The third-order valence-corrected chi connectivity index (χ3v) is 3.57. The van der Waals surface area contributed by atoms with E-state index in [4.69, 9.17) is 9.47 Å². The van der Waals surface area contributed by atoms with Gasteiger partial charge in [-0.05, 0) is 42.8 Å². The highest BCUT2D eigenvalue weighted by Crippen LogP contribution is 2.18. The summed E-state index contributed by atoms with van der Waals surface area (Å²) in [6, 6.07) is 13.9. The molecule has 6 heteroatoms. The summed E-state index contributed by atoms with van der Waals surface area (Å²) < 4.78 is 12.3. The van der Waals surface area contributed by atoms with Crippen LogP contribution in [0, 0.1) is 0 Å². The van der Waals surface area contributed by atoms with E-state index < -0.39 is 5.97 Å². The van der Waals surface area contributed by atoms with Gasteiger partial charge in [0.2, 0.25) is 5.43 Å². The fourth-order valence-corrected chi connectivity index (χ4v) is 2.40. The molecule has 0 fully saturated rings. The number of rotatable bonds is 6. The lowest BCUT2D eigenvalue weighted by Gasteiger charge is -2.10. The molecular weight excluding hydrogens is 320 g/mol. The normalized spacial score (nSPS) is 10.6. The number of carbonyl (C=O) groups excluding carboxylic acids is 1. The number of benzene rings is 2. The summed E-state index contributed by atoms with van der Waals surface area (Å²) in [5, 5.41) is 4.54. The van der Waals surface area contributed by atoms with Crippen LogP contribution in [0.1, 0.15) is 13.3 Å². The van der Waals surface area contributed by atoms with E-state index in [0.29, 0.717) is 23.3 Å². The summed E-state index contributed by atoms with van der Waals surface area (Å²) in [5.41, 5.74) is 0.415. The van der Waals surface area contributed by atoms with E-state index in [1.54, 1.807) is 48.5 Å². The number of hydrogen-bond donors (Lipinski definition) is 0. The molecule has 0 unspecified atom stereocenters. The average Bonchev–Trinajstić information content (AvgIpc) is 2.64. The Morgan fingerprint density at radius 2 is 1.80 bits per heavy atom. The predicted octanol–water partition coefficient (Wildman–Crippen LogP) is 2.79. The fraction of sp³-hybridized carbons (Fsp3) is 0.211. The van der Waals surface area contributed by atoms with Crippen LogP contribution >= 0.6 is 0 Å². The first-order chi connectivity index (χ1) is 12.2. The van der Waals surface area contributed by atoms with Gasteiger partial charge >= 0.3 is 5.97 Å². The second-order valence-electron chi connectivity index (χ2n) is 5.48. The van der Waals surface area contributed by atoms with Gasteiger partial charge in [-0.1, -0.05) is 19.1 Å². The average molecular weight is 338 g/mol. The van der Waals surface area contributed by atoms with Crippen molar-refractivity contribution >= 4 is 16.9 Å². The smallest absolute Gasteiger partial charge is 0.333 e. The standard InChI is InChI=1S/C19H18N2O4/c1-2-11-24-14-7-9-15(10-8-14)25-19(23)13-21-17-6-4-3-5-16(17)18(22)12-20-21/h3-10,12H,2,11,13H2,1H3. The SMILES string of the molecule is CCCOc1ccc(OC(=O)Cn2ncc(=O)c3ccccc32)cc1. The minimum absolute atomic E-state index is 0.0884. The van der Waals surface area contributed by atoms with E-state index in [-0.39, 0.29) is 12.0 Å². The molecule has 0 aliphatic rings. The number of para-hydroxylation sites is 1. The highest BCUT2D eigenvalue weighted by Gasteiger charge is 2.10. The summed E-state index contributed by atoms with van der Waals surface area (Å²) >= 11 is 0. The van der Waals surface area contributed by atoms with Crippen molar-refractivity contribution in [2.75, 3.05) is 6.61 Å². The third kappa shape index (κ3) is 4.03. The quantitative estimate of drug-likeness (QED) is 0.510. The van der Waals surface area contributed by atoms with Crippen molar-refractivity contribution in [1.82, 2.24) is 9.78 Å². The lowest BCUT2D eigenvalue weighted by molar-refractivity contribution is -0.135. The van der Waals surface area contributed by atoms with Crippen LogP contribution in [0.4, 0.5) is 0 Å². The zero-order valence-electron chi connectivity index (χ0n) is 13.8. The number of nitrogens with zero attached hydrogens (tertiary/aromatic N) is 2. The van der Waals surface area contributed by atoms with Gasteiger partial charge in [0.15, 0.2) is 0 Å². The Morgan fingerprint density at radius 3 is 2.56 bits per heavy atom. The summed E-state index contributed by atoms with van der Waals surface area (Å²) in [5.74, 6) is 0.692.